The van der Waals surface area contributed by atoms with Crippen molar-refractivity contribution in [1.82, 2.24) is 9.13 Å². The van der Waals surface area contributed by atoms with Crippen LogP contribution in [0.25, 0.3) is 164 Å². The zero-order valence-electron chi connectivity index (χ0n) is 41.0. The van der Waals surface area contributed by atoms with Crippen LogP contribution in [0.2, 0.25) is 0 Å². The Morgan fingerprint density at radius 2 is 0.473 bits per heavy atom. The van der Waals surface area contributed by atoms with E-state index in [1.54, 1.807) is 0 Å². The Labute approximate surface area is 427 Å². The summed E-state index contributed by atoms with van der Waals surface area (Å²) in [7, 11) is 4.47. The lowest BCUT2D eigenvalue weighted by Gasteiger charge is -2.18. The third kappa shape index (κ3) is 5.76. The van der Waals surface area contributed by atoms with E-state index in [9.17, 15) is 0 Å². The van der Waals surface area contributed by atoms with Crippen LogP contribution in [-0.4, -0.2) is 9.13 Å². The predicted molar refractivity (Wildman–Crippen MR) is 319 cm³/mol. The fourth-order valence-electron chi connectivity index (χ4n) is 13.3. The van der Waals surface area contributed by atoms with Crippen LogP contribution in [0.4, 0.5) is 0 Å². The number of rotatable bonds is 4. The maximum Gasteiger partial charge on any atom is 0.0495 e. The van der Waals surface area contributed by atoms with Gasteiger partial charge in [-0.15, -0.1) is 0 Å². The highest BCUT2D eigenvalue weighted by Gasteiger charge is 2.22. The van der Waals surface area contributed by atoms with Gasteiger partial charge in [-0.3, -0.25) is 0 Å². The smallest absolute Gasteiger partial charge is 0.0495 e. The average Bonchev–Trinajstić information content (AvgIpc) is 3.94. The zero-order valence-corrected chi connectivity index (χ0v) is 41.0. The van der Waals surface area contributed by atoms with Gasteiger partial charge in [0, 0.05) is 57.7 Å². The summed E-state index contributed by atoms with van der Waals surface area (Å²) in [5.74, 6) is 0. The Morgan fingerprint density at radius 1 is 0.203 bits per heavy atom. The SMILES string of the molecule is Cn1c2cc(-c3c4ccccc4c(-c4ccc5ccccc5c4)c4ccccc34)ccc2c2c3ccc4c(c3ccc21)c1ccc(-c2c3ccccc3c(-c3ccc5ccccc5c3)c3ccccc23)cc1n4C. The monoisotopic (exact) mass is 938 g/mol. The topological polar surface area (TPSA) is 9.86 Å². The van der Waals surface area contributed by atoms with E-state index >= 15 is 0 Å². The zero-order chi connectivity index (χ0) is 48.8. The lowest BCUT2D eigenvalue weighted by atomic mass is 9.85. The predicted octanol–water partition coefficient (Wildman–Crippen LogP) is 19.7. The molecule has 0 unspecified atom stereocenters. The van der Waals surface area contributed by atoms with Crippen molar-refractivity contribution in [3.05, 3.63) is 243 Å². The van der Waals surface area contributed by atoms with E-state index in [0.29, 0.717) is 0 Å². The van der Waals surface area contributed by atoms with Crippen molar-refractivity contribution in [2.45, 2.75) is 0 Å². The number of fused-ring (bicyclic) bond motifs is 15. The molecule has 14 aromatic carbocycles. The minimum absolute atomic E-state index is 1.22. The van der Waals surface area contributed by atoms with Crippen LogP contribution in [-0.2, 0) is 14.1 Å². The third-order valence-electron chi connectivity index (χ3n) is 16.7. The van der Waals surface area contributed by atoms with E-state index in [0.717, 1.165) is 0 Å². The number of hydrogen-bond acceptors (Lipinski definition) is 0. The summed E-state index contributed by atoms with van der Waals surface area (Å²) in [6, 6.07) is 90.9. The molecule has 0 fully saturated rings. The van der Waals surface area contributed by atoms with Gasteiger partial charge in [0.15, 0.2) is 0 Å². The molecule has 0 atom stereocenters. The lowest BCUT2D eigenvalue weighted by molar-refractivity contribution is 1.01. The van der Waals surface area contributed by atoms with Crippen molar-refractivity contribution in [3.63, 3.8) is 0 Å². The van der Waals surface area contributed by atoms with Gasteiger partial charge in [0.25, 0.3) is 0 Å². The Bertz CT molecular complexity index is 4670. The summed E-state index contributed by atoms with van der Waals surface area (Å²) in [6.07, 6.45) is 0. The van der Waals surface area contributed by atoms with Crippen molar-refractivity contribution in [2.24, 2.45) is 14.1 Å². The average molecular weight is 939 g/mol. The van der Waals surface area contributed by atoms with Crippen LogP contribution in [0.3, 0.4) is 0 Å². The van der Waals surface area contributed by atoms with Gasteiger partial charge < -0.3 is 9.13 Å². The third-order valence-corrected chi connectivity index (χ3v) is 16.7. The molecule has 0 saturated carbocycles. The first-order valence-corrected chi connectivity index (χ1v) is 25.8. The maximum absolute atomic E-state index is 2.44. The lowest BCUT2D eigenvalue weighted by Crippen LogP contribution is -1.92. The number of hydrogen-bond donors (Lipinski definition) is 0. The van der Waals surface area contributed by atoms with Crippen LogP contribution >= 0.6 is 0 Å². The maximum atomic E-state index is 2.44. The Balaban J connectivity index is 0.867. The van der Waals surface area contributed by atoms with Crippen molar-refractivity contribution in [2.75, 3.05) is 0 Å². The Kier molecular flexibility index (Phi) is 8.62. The van der Waals surface area contributed by atoms with Gasteiger partial charge in [-0.05, 0) is 156 Å². The molecule has 0 spiro atoms. The molecule has 0 aliphatic heterocycles. The van der Waals surface area contributed by atoms with Gasteiger partial charge in [-0.2, -0.15) is 0 Å². The molecular formula is C72H46N2. The van der Waals surface area contributed by atoms with E-state index < -0.39 is 0 Å². The van der Waals surface area contributed by atoms with Gasteiger partial charge in [0.05, 0.1) is 0 Å². The van der Waals surface area contributed by atoms with Gasteiger partial charge >= 0.3 is 0 Å². The molecule has 0 saturated heterocycles. The molecule has 0 radical (unpaired) electrons. The molecule has 0 bridgehead atoms. The number of aromatic nitrogens is 2. The fourth-order valence-corrected chi connectivity index (χ4v) is 13.3. The summed E-state index contributed by atoms with van der Waals surface area (Å²) in [4.78, 5) is 0. The highest BCUT2D eigenvalue weighted by molar-refractivity contribution is 6.30. The van der Waals surface area contributed by atoms with Crippen LogP contribution in [0.1, 0.15) is 0 Å². The Morgan fingerprint density at radius 3 is 0.811 bits per heavy atom. The first kappa shape index (κ1) is 41.2. The summed E-state index contributed by atoms with van der Waals surface area (Å²) >= 11 is 0. The second-order valence-corrected chi connectivity index (χ2v) is 20.4. The molecule has 16 aromatic rings. The summed E-state index contributed by atoms with van der Waals surface area (Å²) < 4.78 is 4.81. The molecule has 2 aromatic heterocycles. The summed E-state index contributed by atoms with van der Waals surface area (Å²) in [5, 5.41) is 22.8. The number of benzene rings is 14. The van der Waals surface area contributed by atoms with Gasteiger partial charge in [0.2, 0.25) is 0 Å². The molecule has 0 aliphatic carbocycles. The standard InChI is InChI=1S/C72H46N2/c1-73-63-37-35-60-59(71(63)61-33-31-49(41-65(61)73)69-55-23-11-7-19-51(55)67(52-20-8-12-24-56(52)69)47-29-27-43-15-3-5-17-45(43)39-47)36-38-64-72(60)62-34-32-50(42-66(62)74(64)2)70-57-25-13-9-21-53(57)68(54-22-10-14-26-58(54)70)48-30-28-44-16-4-6-18-46(44)40-48/h3-42H,1-2H3. The van der Waals surface area contributed by atoms with Crippen molar-refractivity contribution >= 4 is 119 Å². The number of aryl methyl sites for hydroxylation is 2. The molecule has 0 N–H and O–H groups in total. The van der Waals surface area contributed by atoms with Crippen LogP contribution in [0.5, 0.6) is 0 Å². The molecular weight excluding hydrogens is 893 g/mol. The van der Waals surface area contributed by atoms with Crippen LogP contribution in [0.15, 0.2) is 243 Å². The molecule has 344 valence electrons. The molecule has 2 heterocycles. The van der Waals surface area contributed by atoms with Gasteiger partial charge in [-0.1, -0.05) is 206 Å². The fraction of sp³-hybridized carbons (Fsp3) is 0.0278. The quantitative estimate of drug-likeness (QED) is 0.156. The molecule has 74 heavy (non-hydrogen) atoms. The molecule has 2 heteroatoms. The van der Waals surface area contributed by atoms with Crippen LogP contribution in [0, 0.1) is 0 Å². The first-order chi connectivity index (χ1) is 36.6. The van der Waals surface area contributed by atoms with E-state index in [2.05, 4.69) is 266 Å². The normalized spacial score (nSPS) is 12.2. The molecule has 0 amide bonds. The molecule has 0 aliphatic rings. The highest BCUT2D eigenvalue weighted by atomic mass is 14.9. The minimum atomic E-state index is 1.22. The second kappa shape index (κ2) is 15.5. The van der Waals surface area contributed by atoms with E-state index in [1.165, 1.54) is 164 Å². The van der Waals surface area contributed by atoms with Crippen molar-refractivity contribution < 1.29 is 0 Å². The van der Waals surface area contributed by atoms with E-state index in [-0.39, 0.29) is 0 Å². The molecule has 2 nitrogen and oxygen atoms in total. The van der Waals surface area contributed by atoms with E-state index in [1.807, 2.05) is 0 Å². The highest BCUT2D eigenvalue weighted by Crippen LogP contribution is 2.48. The Hall–Kier alpha value is -9.50. The van der Waals surface area contributed by atoms with Gasteiger partial charge in [-0.25, -0.2) is 0 Å². The van der Waals surface area contributed by atoms with E-state index in [4.69, 9.17) is 0 Å². The number of nitrogens with zero attached hydrogens (tertiary/aromatic N) is 2. The summed E-state index contributed by atoms with van der Waals surface area (Å²) in [6.45, 7) is 0. The van der Waals surface area contributed by atoms with Crippen LogP contribution < -0.4 is 0 Å². The van der Waals surface area contributed by atoms with Crippen molar-refractivity contribution in [3.8, 4) is 44.5 Å². The van der Waals surface area contributed by atoms with Gasteiger partial charge in [0.1, 0.15) is 0 Å². The second-order valence-electron chi connectivity index (χ2n) is 20.4. The molecule has 16 rings (SSSR count). The summed E-state index contributed by atoms with van der Waals surface area (Å²) in [5.41, 5.74) is 15.0. The van der Waals surface area contributed by atoms with Crippen molar-refractivity contribution in [1.29, 1.82) is 0 Å². The minimum Gasteiger partial charge on any atom is -0.344 e. The largest absolute Gasteiger partial charge is 0.344 e. The first-order valence-electron chi connectivity index (χ1n) is 25.8.